The van der Waals surface area contributed by atoms with Gasteiger partial charge in [0.15, 0.2) is 5.75 Å². The van der Waals surface area contributed by atoms with E-state index in [2.05, 4.69) is 42.1 Å². The van der Waals surface area contributed by atoms with E-state index in [1.54, 1.807) is 14.2 Å². The van der Waals surface area contributed by atoms with Crippen molar-refractivity contribution in [3.8, 4) is 5.75 Å². The van der Waals surface area contributed by atoms with Crippen molar-refractivity contribution in [2.45, 2.75) is 69.5 Å². The first-order valence-electron chi connectivity index (χ1n) is 11.1. The lowest BCUT2D eigenvalue weighted by Crippen LogP contribution is -2.55. The average molecular weight is 448 g/mol. The van der Waals surface area contributed by atoms with Crippen LogP contribution in [0.2, 0.25) is 0 Å². The summed E-state index contributed by atoms with van der Waals surface area (Å²) >= 11 is 0. The van der Waals surface area contributed by atoms with Crippen molar-refractivity contribution in [2.24, 2.45) is 5.92 Å². The second-order valence-electron chi connectivity index (χ2n) is 9.21. The fourth-order valence-corrected chi connectivity index (χ4v) is 4.94. The fourth-order valence-electron chi connectivity index (χ4n) is 4.94. The van der Waals surface area contributed by atoms with Gasteiger partial charge in [0.1, 0.15) is 30.0 Å². The number of nitrogens with zero attached hydrogens (tertiary/aromatic N) is 2. The molecule has 1 aromatic heterocycles. The summed E-state index contributed by atoms with van der Waals surface area (Å²) < 4.78 is 28.9. The Kier molecular flexibility index (Phi) is 6.42. The predicted octanol–water partition coefficient (Wildman–Crippen LogP) is 2.52. The highest BCUT2D eigenvalue weighted by Crippen LogP contribution is 2.59. The van der Waals surface area contributed by atoms with Crippen molar-refractivity contribution < 1.29 is 28.5 Å². The molecule has 9 nitrogen and oxygen atoms in total. The van der Waals surface area contributed by atoms with Crippen LogP contribution in [0.4, 0.5) is 5.95 Å². The third-order valence-electron chi connectivity index (χ3n) is 6.77. The molecular weight excluding hydrogens is 414 g/mol. The standard InChI is InChI=1S/C23H33N3O6/c1-14(2)6-7-17-22(3,32-17)20-19(29-5)16(8-9-23(20)13-30-23)31-18(27)12-26-21-24-10-15(28-4)11-25-21/h6,10-11,16-17,19-20H,7-9,12-13H2,1-5H3,(H,24,25,26). The van der Waals surface area contributed by atoms with Crippen LogP contribution in [0.1, 0.15) is 40.0 Å². The maximum atomic E-state index is 12.6. The number of allylic oxidation sites excluding steroid dienone is 1. The van der Waals surface area contributed by atoms with E-state index in [0.717, 1.165) is 12.8 Å². The summed E-state index contributed by atoms with van der Waals surface area (Å²) in [7, 11) is 3.21. The topological polar surface area (TPSA) is 108 Å². The lowest BCUT2D eigenvalue weighted by atomic mass is 9.68. The molecule has 0 aromatic carbocycles. The second kappa shape index (κ2) is 8.96. The summed E-state index contributed by atoms with van der Waals surface area (Å²) in [5.74, 6) is 0.494. The van der Waals surface area contributed by atoms with E-state index >= 15 is 0 Å². The highest BCUT2D eigenvalue weighted by molar-refractivity contribution is 5.74. The SMILES string of the molecule is COc1cnc(NCC(=O)OC2CCC3(CO3)C(C3(C)OC3CC=C(C)C)C2OC)nc1. The molecule has 2 aliphatic heterocycles. The van der Waals surface area contributed by atoms with E-state index in [4.69, 9.17) is 23.7 Å². The van der Waals surface area contributed by atoms with Gasteiger partial charge in [-0.05, 0) is 40.0 Å². The summed E-state index contributed by atoms with van der Waals surface area (Å²) in [6, 6.07) is 0. The first-order chi connectivity index (χ1) is 15.3. The molecule has 3 heterocycles. The molecule has 1 saturated carbocycles. The number of carbonyl (C=O) groups excluding carboxylic acids is 1. The molecule has 32 heavy (non-hydrogen) atoms. The minimum Gasteiger partial charge on any atom is -0.494 e. The van der Waals surface area contributed by atoms with Crippen molar-refractivity contribution in [3.05, 3.63) is 24.0 Å². The van der Waals surface area contributed by atoms with E-state index < -0.39 is 0 Å². The molecule has 4 rings (SSSR count). The van der Waals surface area contributed by atoms with Crippen molar-refractivity contribution in [1.82, 2.24) is 9.97 Å². The molecule has 1 aromatic rings. The van der Waals surface area contributed by atoms with E-state index in [-0.39, 0.29) is 47.9 Å². The van der Waals surface area contributed by atoms with Gasteiger partial charge in [-0.1, -0.05) is 11.6 Å². The first kappa shape index (κ1) is 22.9. The molecule has 3 aliphatic rings. The van der Waals surface area contributed by atoms with Crippen LogP contribution < -0.4 is 10.1 Å². The normalized spacial score (nSPS) is 35.2. The maximum absolute atomic E-state index is 12.6. The molecule has 0 radical (unpaired) electrons. The monoisotopic (exact) mass is 447 g/mol. The van der Waals surface area contributed by atoms with Crippen molar-refractivity contribution in [1.29, 1.82) is 0 Å². The van der Waals surface area contributed by atoms with Crippen LogP contribution in [0.5, 0.6) is 5.75 Å². The molecule has 0 amide bonds. The third-order valence-corrected chi connectivity index (χ3v) is 6.77. The third kappa shape index (κ3) is 4.60. The molecule has 6 unspecified atom stereocenters. The van der Waals surface area contributed by atoms with Crippen LogP contribution in [0, 0.1) is 5.92 Å². The Labute approximate surface area is 188 Å². The molecule has 9 heteroatoms. The van der Waals surface area contributed by atoms with Gasteiger partial charge in [-0.2, -0.15) is 0 Å². The number of hydrogen-bond donors (Lipinski definition) is 1. The molecule has 6 atom stereocenters. The lowest BCUT2D eigenvalue weighted by Gasteiger charge is -2.42. The number of epoxide rings is 2. The number of ether oxygens (including phenoxy) is 5. The van der Waals surface area contributed by atoms with Crippen LogP contribution in [0.3, 0.4) is 0 Å². The van der Waals surface area contributed by atoms with E-state index in [1.165, 1.54) is 18.0 Å². The number of nitrogens with one attached hydrogen (secondary N) is 1. The highest BCUT2D eigenvalue weighted by Gasteiger charge is 2.72. The maximum Gasteiger partial charge on any atom is 0.325 e. The van der Waals surface area contributed by atoms with Gasteiger partial charge in [0.25, 0.3) is 0 Å². The van der Waals surface area contributed by atoms with Crippen molar-refractivity contribution >= 4 is 11.9 Å². The second-order valence-corrected chi connectivity index (χ2v) is 9.21. The molecular formula is C23H33N3O6. The molecule has 1 aliphatic carbocycles. The summed E-state index contributed by atoms with van der Waals surface area (Å²) in [5, 5.41) is 2.89. The zero-order chi connectivity index (χ0) is 22.9. The van der Waals surface area contributed by atoms with Crippen LogP contribution in [-0.2, 0) is 23.7 Å². The Hall–Kier alpha value is -2.23. The molecule has 3 fully saturated rings. The Morgan fingerprint density at radius 3 is 2.62 bits per heavy atom. The summed E-state index contributed by atoms with van der Waals surface area (Å²) in [6.07, 6.45) is 7.08. The zero-order valence-corrected chi connectivity index (χ0v) is 19.4. The Morgan fingerprint density at radius 2 is 2.03 bits per heavy atom. The highest BCUT2D eigenvalue weighted by atomic mass is 16.6. The molecule has 176 valence electrons. The Morgan fingerprint density at radius 1 is 1.31 bits per heavy atom. The van der Waals surface area contributed by atoms with Gasteiger partial charge in [-0.25, -0.2) is 9.97 Å². The fraction of sp³-hybridized carbons (Fsp3) is 0.696. The van der Waals surface area contributed by atoms with Crippen LogP contribution in [-0.4, -0.2) is 72.8 Å². The quantitative estimate of drug-likeness (QED) is 0.347. The molecule has 0 bridgehead atoms. The Bertz CT molecular complexity index is 852. The van der Waals surface area contributed by atoms with Crippen LogP contribution >= 0.6 is 0 Å². The lowest BCUT2D eigenvalue weighted by molar-refractivity contribution is -0.170. The summed E-state index contributed by atoms with van der Waals surface area (Å²) in [5.41, 5.74) is 0.670. The largest absolute Gasteiger partial charge is 0.494 e. The number of aromatic nitrogens is 2. The van der Waals surface area contributed by atoms with Crippen LogP contribution in [0.15, 0.2) is 24.0 Å². The number of hydrogen-bond acceptors (Lipinski definition) is 9. The van der Waals surface area contributed by atoms with E-state index in [1.807, 2.05) is 0 Å². The number of methoxy groups -OCH3 is 2. The number of carbonyl (C=O) groups is 1. The van der Waals surface area contributed by atoms with Crippen molar-refractivity contribution in [3.63, 3.8) is 0 Å². The van der Waals surface area contributed by atoms with Gasteiger partial charge >= 0.3 is 5.97 Å². The van der Waals surface area contributed by atoms with Gasteiger partial charge in [-0.3, -0.25) is 4.79 Å². The predicted molar refractivity (Wildman–Crippen MR) is 116 cm³/mol. The number of esters is 1. The minimum atomic E-state index is -0.383. The zero-order valence-electron chi connectivity index (χ0n) is 19.4. The van der Waals surface area contributed by atoms with Gasteiger partial charge < -0.3 is 29.0 Å². The Balaban J connectivity index is 1.39. The van der Waals surface area contributed by atoms with E-state index in [9.17, 15) is 4.79 Å². The summed E-state index contributed by atoms with van der Waals surface area (Å²) in [4.78, 5) is 20.8. The van der Waals surface area contributed by atoms with Crippen molar-refractivity contribution in [2.75, 3.05) is 32.7 Å². The van der Waals surface area contributed by atoms with Crippen LogP contribution in [0.25, 0.3) is 0 Å². The average Bonchev–Trinajstić information content (AvgIpc) is 3.69. The van der Waals surface area contributed by atoms with E-state index in [0.29, 0.717) is 24.7 Å². The molecule has 1 spiro atoms. The molecule has 1 N–H and O–H groups in total. The van der Waals surface area contributed by atoms with Gasteiger partial charge in [-0.15, -0.1) is 0 Å². The van der Waals surface area contributed by atoms with Gasteiger partial charge in [0, 0.05) is 7.11 Å². The molecule has 2 saturated heterocycles. The summed E-state index contributed by atoms with van der Waals surface area (Å²) in [6.45, 7) is 6.96. The van der Waals surface area contributed by atoms with Gasteiger partial charge in [0.2, 0.25) is 5.95 Å². The number of rotatable bonds is 9. The van der Waals surface area contributed by atoms with Gasteiger partial charge in [0.05, 0.1) is 38.1 Å². The number of anilines is 1. The first-order valence-corrected chi connectivity index (χ1v) is 11.1. The smallest absolute Gasteiger partial charge is 0.325 e. The minimum absolute atomic E-state index is 0.00000652.